The number of amides is 2. The van der Waals surface area contributed by atoms with E-state index < -0.39 is 0 Å². The van der Waals surface area contributed by atoms with E-state index >= 15 is 0 Å². The Balaban J connectivity index is 1.44. The first-order valence-electron chi connectivity index (χ1n) is 9.52. The maximum Gasteiger partial charge on any atom is 0.259 e. The minimum atomic E-state index is -0.0558. The molecule has 0 bridgehead atoms. The predicted molar refractivity (Wildman–Crippen MR) is 98.5 cm³/mol. The largest absolute Gasteiger partial charge is 0.378 e. The number of piperidine rings is 1. The molecule has 4 heterocycles. The zero-order valence-corrected chi connectivity index (χ0v) is 15.8. The van der Waals surface area contributed by atoms with Gasteiger partial charge in [0.25, 0.3) is 5.91 Å². The molecule has 2 fully saturated rings. The van der Waals surface area contributed by atoms with Crippen LogP contribution in [0.5, 0.6) is 0 Å². The van der Waals surface area contributed by atoms with E-state index in [9.17, 15) is 9.59 Å². The van der Waals surface area contributed by atoms with Gasteiger partial charge < -0.3 is 14.5 Å². The van der Waals surface area contributed by atoms with Crippen molar-refractivity contribution in [2.75, 3.05) is 39.4 Å². The first-order chi connectivity index (χ1) is 13.0. The lowest BCUT2D eigenvalue weighted by molar-refractivity contribution is -0.141. The Morgan fingerprint density at radius 3 is 2.48 bits per heavy atom. The van der Waals surface area contributed by atoms with Crippen LogP contribution in [-0.4, -0.2) is 75.6 Å². The second-order valence-corrected chi connectivity index (χ2v) is 7.34. The fourth-order valence-electron chi connectivity index (χ4n) is 3.96. The van der Waals surface area contributed by atoms with Gasteiger partial charge >= 0.3 is 0 Å². The van der Waals surface area contributed by atoms with Crippen LogP contribution < -0.4 is 0 Å². The monoisotopic (exact) mass is 371 g/mol. The van der Waals surface area contributed by atoms with Gasteiger partial charge in [0.05, 0.1) is 19.4 Å². The molecule has 0 atom stereocenters. The minimum Gasteiger partial charge on any atom is -0.378 e. The van der Waals surface area contributed by atoms with E-state index in [2.05, 4.69) is 10.1 Å². The summed E-state index contributed by atoms with van der Waals surface area (Å²) in [7, 11) is 0. The molecule has 2 aliphatic rings. The van der Waals surface area contributed by atoms with Crippen molar-refractivity contribution in [3.05, 3.63) is 29.2 Å². The fraction of sp³-hybridized carbons (Fsp3) is 0.579. The molecule has 0 aliphatic carbocycles. The van der Waals surface area contributed by atoms with Crippen LogP contribution in [0.25, 0.3) is 5.65 Å². The summed E-state index contributed by atoms with van der Waals surface area (Å²) in [6.45, 7) is 7.61. The van der Waals surface area contributed by atoms with Crippen LogP contribution in [0, 0.1) is 19.8 Å². The lowest BCUT2D eigenvalue weighted by atomic mass is 9.94. The van der Waals surface area contributed by atoms with Crippen LogP contribution in [-0.2, 0) is 9.53 Å². The maximum atomic E-state index is 13.0. The molecule has 2 aromatic heterocycles. The number of nitrogens with zero attached hydrogens (tertiary/aromatic N) is 5. The number of fused-ring (bicyclic) bond motifs is 1. The van der Waals surface area contributed by atoms with Crippen molar-refractivity contribution in [1.82, 2.24) is 24.4 Å². The van der Waals surface area contributed by atoms with E-state index in [0.717, 1.165) is 11.4 Å². The van der Waals surface area contributed by atoms with Gasteiger partial charge in [0.15, 0.2) is 5.65 Å². The number of hydrogen-bond acceptors (Lipinski definition) is 5. The zero-order chi connectivity index (χ0) is 19.0. The Morgan fingerprint density at radius 2 is 1.78 bits per heavy atom. The first kappa shape index (κ1) is 17.9. The van der Waals surface area contributed by atoms with E-state index in [0.29, 0.717) is 63.4 Å². The smallest absolute Gasteiger partial charge is 0.259 e. The number of aryl methyl sites for hydroxylation is 2. The summed E-state index contributed by atoms with van der Waals surface area (Å²) in [5.74, 6) is 0.146. The van der Waals surface area contributed by atoms with Gasteiger partial charge in [-0.1, -0.05) is 0 Å². The van der Waals surface area contributed by atoms with Gasteiger partial charge in [0, 0.05) is 43.5 Å². The number of carbonyl (C=O) groups is 2. The average Bonchev–Trinajstić information content (AvgIpc) is 3.12. The molecule has 0 radical (unpaired) electrons. The maximum absolute atomic E-state index is 13.0. The van der Waals surface area contributed by atoms with Gasteiger partial charge in [-0.15, -0.1) is 0 Å². The Kier molecular flexibility index (Phi) is 4.82. The molecule has 2 aliphatic heterocycles. The number of hydrogen-bond donors (Lipinski definition) is 0. The molecule has 0 saturated carbocycles. The van der Waals surface area contributed by atoms with E-state index in [4.69, 9.17) is 4.74 Å². The van der Waals surface area contributed by atoms with Crippen molar-refractivity contribution in [2.24, 2.45) is 5.92 Å². The summed E-state index contributed by atoms with van der Waals surface area (Å²) >= 11 is 0. The first-order valence-corrected chi connectivity index (χ1v) is 9.52. The van der Waals surface area contributed by atoms with Crippen molar-refractivity contribution < 1.29 is 14.3 Å². The SMILES string of the molecule is Cc1cc(C)n2ncc(C(=O)N3CCC(C(=O)N4CCOCC4)CC3)c2n1. The lowest BCUT2D eigenvalue weighted by Crippen LogP contribution is -2.47. The highest BCUT2D eigenvalue weighted by molar-refractivity contribution is 5.99. The Bertz CT molecular complexity index is 864. The van der Waals surface area contributed by atoms with Gasteiger partial charge in [-0.3, -0.25) is 9.59 Å². The van der Waals surface area contributed by atoms with Crippen molar-refractivity contribution >= 4 is 17.5 Å². The summed E-state index contributed by atoms with van der Waals surface area (Å²) in [5.41, 5.74) is 2.94. The molecular weight excluding hydrogens is 346 g/mol. The van der Waals surface area contributed by atoms with Gasteiger partial charge in [-0.25, -0.2) is 9.50 Å². The molecule has 0 unspecified atom stereocenters. The molecule has 27 heavy (non-hydrogen) atoms. The molecule has 4 rings (SSSR count). The molecule has 2 aromatic rings. The van der Waals surface area contributed by atoms with Crippen molar-refractivity contribution in [1.29, 1.82) is 0 Å². The van der Waals surface area contributed by atoms with Crippen molar-refractivity contribution in [2.45, 2.75) is 26.7 Å². The number of aromatic nitrogens is 3. The predicted octanol–water partition coefficient (Wildman–Crippen LogP) is 1.06. The third-order valence-electron chi connectivity index (χ3n) is 5.46. The number of morpholine rings is 1. The Hall–Kier alpha value is -2.48. The third kappa shape index (κ3) is 3.41. The normalized spacial score (nSPS) is 18.9. The third-order valence-corrected chi connectivity index (χ3v) is 5.46. The van der Waals surface area contributed by atoms with Crippen LogP contribution in [0.4, 0.5) is 0 Å². The summed E-state index contributed by atoms with van der Waals surface area (Å²) in [5, 5.41) is 4.31. The second-order valence-electron chi connectivity index (χ2n) is 7.34. The summed E-state index contributed by atoms with van der Waals surface area (Å²) in [4.78, 5) is 33.9. The molecule has 8 nitrogen and oxygen atoms in total. The molecule has 0 spiro atoms. The number of rotatable bonds is 2. The molecule has 0 aromatic carbocycles. The number of likely N-dealkylation sites (tertiary alicyclic amines) is 1. The van der Waals surface area contributed by atoms with Crippen LogP contribution in [0.15, 0.2) is 12.3 Å². The molecule has 0 N–H and O–H groups in total. The molecule has 2 amide bonds. The molecule has 8 heteroatoms. The van der Waals surface area contributed by atoms with Crippen LogP contribution in [0.2, 0.25) is 0 Å². The number of ether oxygens (including phenoxy) is 1. The highest BCUT2D eigenvalue weighted by Crippen LogP contribution is 2.23. The van der Waals surface area contributed by atoms with Gasteiger partial charge in [0.2, 0.25) is 5.91 Å². The highest BCUT2D eigenvalue weighted by atomic mass is 16.5. The Labute approximate surface area is 158 Å². The summed E-state index contributed by atoms with van der Waals surface area (Å²) < 4.78 is 7.02. The van der Waals surface area contributed by atoms with E-state index in [1.54, 1.807) is 10.7 Å². The molecule has 144 valence electrons. The van der Waals surface area contributed by atoms with E-state index in [1.165, 1.54) is 0 Å². The molecular formula is C19H25N5O3. The number of carbonyl (C=O) groups excluding carboxylic acids is 2. The summed E-state index contributed by atoms with van der Waals surface area (Å²) in [6.07, 6.45) is 3.00. The van der Waals surface area contributed by atoms with E-state index in [-0.39, 0.29) is 17.7 Å². The second kappa shape index (κ2) is 7.26. The topological polar surface area (TPSA) is 80.0 Å². The quantitative estimate of drug-likeness (QED) is 0.789. The zero-order valence-electron chi connectivity index (χ0n) is 15.8. The molecule has 2 saturated heterocycles. The van der Waals surface area contributed by atoms with Gasteiger partial charge in [-0.2, -0.15) is 5.10 Å². The van der Waals surface area contributed by atoms with E-state index in [1.807, 2.05) is 29.7 Å². The summed E-state index contributed by atoms with van der Waals surface area (Å²) in [6, 6.07) is 1.94. The lowest BCUT2D eigenvalue weighted by Gasteiger charge is -2.35. The van der Waals surface area contributed by atoms with Crippen molar-refractivity contribution in [3.8, 4) is 0 Å². The average molecular weight is 371 g/mol. The van der Waals surface area contributed by atoms with Crippen molar-refractivity contribution in [3.63, 3.8) is 0 Å². The van der Waals surface area contributed by atoms with Gasteiger partial charge in [0.1, 0.15) is 5.56 Å². The standard InChI is InChI=1S/C19H25N5O3/c1-13-11-14(2)24-17(21-13)16(12-20-24)19(26)22-5-3-15(4-6-22)18(25)23-7-9-27-10-8-23/h11-12,15H,3-10H2,1-2H3. The van der Waals surface area contributed by atoms with Gasteiger partial charge in [-0.05, 0) is 32.8 Å². The fourth-order valence-corrected chi connectivity index (χ4v) is 3.96. The minimum absolute atomic E-state index is 0.00123. The van der Waals surface area contributed by atoms with Crippen LogP contribution in [0.3, 0.4) is 0 Å². The van der Waals surface area contributed by atoms with Crippen LogP contribution >= 0.6 is 0 Å². The Morgan fingerprint density at radius 1 is 1.07 bits per heavy atom. The highest BCUT2D eigenvalue weighted by Gasteiger charge is 2.32. The van der Waals surface area contributed by atoms with Crippen LogP contribution in [0.1, 0.15) is 34.6 Å².